The number of nitriles is 1. The molecule has 3 atom stereocenters. The predicted molar refractivity (Wildman–Crippen MR) is 87.3 cm³/mol. The normalized spacial score (nSPS) is 24.8. The molecule has 24 heavy (non-hydrogen) atoms. The molecule has 120 valence electrons. The van der Waals surface area contributed by atoms with Crippen LogP contribution >= 0.6 is 11.6 Å². The molecule has 0 aromatic heterocycles. The van der Waals surface area contributed by atoms with Crippen molar-refractivity contribution in [3.63, 3.8) is 0 Å². The fraction of sp³-hybridized carbons (Fsp3) is 0.176. The maximum Gasteiger partial charge on any atom is 0.269 e. The second-order valence-electron chi connectivity index (χ2n) is 5.70. The second kappa shape index (κ2) is 5.62. The molecule has 2 aromatic rings. The van der Waals surface area contributed by atoms with Crippen molar-refractivity contribution in [2.75, 3.05) is 0 Å². The molecule has 1 amide bonds. The number of nitrogens with zero attached hydrogens (tertiary/aromatic N) is 2. The molecule has 0 bridgehead atoms. The number of carbonyl (C=O) groups excluding carboxylic acids is 1. The Hall–Kier alpha value is -2.91. The van der Waals surface area contributed by atoms with Gasteiger partial charge >= 0.3 is 0 Å². The third-order valence-electron chi connectivity index (χ3n) is 4.49. The summed E-state index contributed by atoms with van der Waals surface area (Å²) < 4.78 is 0. The number of hydrogen-bond donors (Lipinski definition) is 1. The first-order chi connectivity index (χ1) is 11.4. The molecule has 3 rings (SSSR count). The summed E-state index contributed by atoms with van der Waals surface area (Å²) in [6.45, 7) is 0. The SMILES string of the molecule is N#CC1(C(N)=O)C(c2ccc(Cl)cc2)C1c1ccc([N+](=O)[O-])cc1. The molecule has 0 aliphatic heterocycles. The molecule has 1 fully saturated rings. The van der Waals surface area contributed by atoms with Crippen LogP contribution in [0.2, 0.25) is 5.02 Å². The van der Waals surface area contributed by atoms with Gasteiger partial charge in [-0.3, -0.25) is 14.9 Å². The summed E-state index contributed by atoms with van der Waals surface area (Å²) in [5, 5.41) is 20.9. The summed E-state index contributed by atoms with van der Waals surface area (Å²) in [4.78, 5) is 22.3. The molecule has 0 saturated heterocycles. The van der Waals surface area contributed by atoms with Crippen molar-refractivity contribution in [2.45, 2.75) is 11.8 Å². The van der Waals surface area contributed by atoms with Gasteiger partial charge in [-0.05, 0) is 23.3 Å². The van der Waals surface area contributed by atoms with Crippen LogP contribution in [0.1, 0.15) is 23.0 Å². The molecule has 2 aromatic carbocycles. The minimum Gasteiger partial charge on any atom is -0.368 e. The van der Waals surface area contributed by atoms with E-state index in [1.165, 1.54) is 12.1 Å². The molecule has 7 heteroatoms. The Morgan fingerprint density at radius 3 is 1.96 bits per heavy atom. The smallest absolute Gasteiger partial charge is 0.269 e. The number of carbonyl (C=O) groups is 1. The van der Waals surface area contributed by atoms with Crippen LogP contribution in [0, 0.1) is 26.9 Å². The zero-order chi connectivity index (χ0) is 17.5. The van der Waals surface area contributed by atoms with Crippen molar-refractivity contribution < 1.29 is 9.72 Å². The first-order valence-corrected chi connectivity index (χ1v) is 7.50. The van der Waals surface area contributed by atoms with Crippen molar-refractivity contribution in [1.82, 2.24) is 0 Å². The molecule has 1 saturated carbocycles. The predicted octanol–water partition coefficient (Wildman–Crippen LogP) is 3.12. The maximum atomic E-state index is 12.0. The Morgan fingerprint density at radius 2 is 1.58 bits per heavy atom. The highest BCUT2D eigenvalue weighted by Gasteiger charge is 2.70. The first-order valence-electron chi connectivity index (χ1n) is 7.12. The van der Waals surface area contributed by atoms with Crippen LogP contribution in [0.3, 0.4) is 0 Å². The molecular formula is C17H12ClN3O3. The van der Waals surface area contributed by atoms with Gasteiger partial charge in [-0.15, -0.1) is 0 Å². The van der Waals surface area contributed by atoms with E-state index in [1.54, 1.807) is 36.4 Å². The third kappa shape index (κ3) is 2.30. The highest BCUT2D eigenvalue weighted by molar-refractivity contribution is 6.30. The molecule has 3 unspecified atom stereocenters. The highest BCUT2D eigenvalue weighted by Crippen LogP contribution is 2.69. The third-order valence-corrected chi connectivity index (χ3v) is 4.74. The van der Waals surface area contributed by atoms with Crippen molar-refractivity contribution in [2.24, 2.45) is 11.1 Å². The number of benzene rings is 2. The lowest BCUT2D eigenvalue weighted by Crippen LogP contribution is -2.26. The Balaban J connectivity index is 2.04. The number of primary amides is 1. The van der Waals surface area contributed by atoms with E-state index in [0.717, 1.165) is 5.56 Å². The van der Waals surface area contributed by atoms with E-state index < -0.39 is 28.1 Å². The largest absolute Gasteiger partial charge is 0.368 e. The number of amides is 1. The van der Waals surface area contributed by atoms with E-state index >= 15 is 0 Å². The number of halogens is 1. The Kier molecular flexibility index (Phi) is 3.74. The lowest BCUT2D eigenvalue weighted by molar-refractivity contribution is -0.384. The van der Waals surface area contributed by atoms with Crippen LogP contribution in [0.4, 0.5) is 5.69 Å². The van der Waals surface area contributed by atoms with Gasteiger partial charge in [-0.2, -0.15) is 5.26 Å². The fourth-order valence-corrected chi connectivity index (χ4v) is 3.40. The van der Waals surface area contributed by atoms with Gasteiger partial charge in [-0.25, -0.2) is 0 Å². The van der Waals surface area contributed by atoms with Crippen molar-refractivity contribution >= 4 is 23.2 Å². The van der Waals surface area contributed by atoms with Crippen LogP contribution in [0.15, 0.2) is 48.5 Å². The number of nitro benzene ring substituents is 1. The lowest BCUT2D eigenvalue weighted by Gasteiger charge is -2.04. The minimum absolute atomic E-state index is 0.0518. The number of nitrogens with two attached hydrogens (primary N) is 1. The van der Waals surface area contributed by atoms with E-state index in [9.17, 15) is 20.2 Å². The van der Waals surface area contributed by atoms with Gasteiger partial charge in [0.2, 0.25) is 5.91 Å². The zero-order valence-corrected chi connectivity index (χ0v) is 13.1. The summed E-state index contributed by atoms with van der Waals surface area (Å²) in [5.41, 5.74) is 5.55. The van der Waals surface area contributed by atoms with E-state index in [4.69, 9.17) is 17.3 Å². The summed E-state index contributed by atoms with van der Waals surface area (Å²) in [6, 6.07) is 14.8. The van der Waals surface area contributed by atoms with Gasteiger partial charge in [0.1, 0.15) is 0 Å². The quantitative estimate of drug-likeness (QED) is 0.680. The van der Waals surface area contributed by atoms with Crippen LogP contribution in [-0.2, 0) is 4.79 Å². The second-order valence-corrected chi connectivity index (χ2v) is 6.14. The minimum atomic E-state index is -1.36. The molecule has 0 heterocycles. The van der Waals surface area contributed by atoms with Gasteiger partial charge in [-0.1, -0.05) is 35.9 Å². The molecule has 1 aliphatic rings. The summed E-state index contributed by atoms with van der Waals surface area (Å²) >= 11 is 5.88. The molecular weight excluding hydrogens is 330 g/mol. The van der Waals surface area contributed by atoms with Crippen molar-refractivity contribution in [3.8, 4) is 6.07 Å². The monoisotopic (exact) mass is 341 g/mol. The first kappa shape index (κ1) is 16.0. The van der Waals surface area contributed by atoms with E-state index in [-0.39, 0.29) is 5.69 Å². The van der Waals surface area contributed by atoms with Gasteiger partial charge < -0.3 is 5.73 Å². The topological polar surface area (TPSA) is 110 Å². The summed E-state index contributed by atoms with van der Waals surface area (Å²) in [7, 11) is 0. The average Bonchev–Trinajstić information content (AvgIpc) is 3.26. The Morgan fingerprint density at radius 1 is 1.12 bits per heavy atom. The van der Waals surface area contributed by atoms with Crippen molar-refractivity contribution in [1.29, 1.82) is 5.26 Å². The number of nitro groups is 1. The van der Waals surface area contributed by atoms with Crippen molar-refractivity contribution in [3.05, 3.63) is 74.8 Å². The number of hydrogen-bond acceptors (Lipinski definition) is 4. The maximum absolute atomic E-state index is 12.0. The van der Waals surface area contributed by atoms with E-state index in [1.807, 2.05) is 0 Å². The highest BCUT2D eigenvalue weighted by atomic mass is 35.5. The van der Waals surface area contributed by atoms with Crippen LogP contribution < -0.4 is 5.73 Å². The standard InChI is InChI=1S/C17H12ClN3O3/c18-12-5-1-10(2-6-12)14-15(17(14,9-19)16(20)22)11-3-7-13(8-4-11)21(23)24/h1-8,14-15H,(H2,20,22). The summed E-state index contributed by atoms with van der Waals surface area (Å²) in [6.07, 6.45) is 0. The van der Waals surface area contributed by atoms with E-state index in [2.05, 4.69) is 6.07 Å². The molecule has 2 N–H and O–H groups in total. The van der Waals surface area contributed by atoms with Gasteiger partial charge in [0.15, 0.2) is 5.41 Å². The van der Waals surface area contributed by atoms with E-state index in [0.29, 0.717) is 10.6 Å². The van der Waals surface area contributed by atoms with Gasteiger partial charge in [0.05, 0.1) is 11.0 Å². The molecule has 6 nitrogen and oxygen atoms in total. The lowest BCUT2D eigenvalue weighted by atomic mass is 9.98. The number of non-ortho nitro benzene ring substituents is 1. The molecule has 0 radical (unpaired) electrons. The average molecular weight is 342 g/mol. The van der Waals surface area contributed by atoms with Gasteiger partial charge in [0, 0.05) is 29.0 Å². The molecule has 0 spiro atoms. The number of rotatable bonds is 4. The fourth-order valence-electron chi connectivity index (χ4n) is 3.27. The Labute approximate surface area is 142 Å². The zero-order valence-electron chi connectivity index (χ0n) is 12.3. The Bertz CT molecular complexity index is 858. The molecule has 1 aliphatic carbocycles. The van der Waals surface area contributed by atoms with Crippen LogP contribution in [0.25, 0.3) is 0 Å². The van der Waals surface area contributed by atoms with Crippen LogP contribution in [0.5, 0.6) is 0 Å². The summed E-state index contributed by atoms with van der Waals surface area (Å²) in [5.74, 6) is -1.55. The van der Waals surface area contributed by atoms with Crippen LogP contribution in [-0.4, -0.2) is 10.8 Å². The van der Waals surface area contributed by atoms with Gasteiger partial charge in [0.25, 0.3) is 5.69 Å².